The molecule has 9 rings (SSSR count). The molecule has 0 radical (unpaired) electrons. The number of hydrogen-bond donors (Lipinski definition) is 6. The van der Waals surface area contributed by atoms with Crippen LogP contribution in [-0.4, -0.2) is 68.3 Å². The van der Waals surface area contributed by atoms with Crippen LogP contribution in [0.15, 0.2) is 182 Å². The normalized spacial score (nSPS) is 10.7. The number of carbonyl (C=O) groups is 3. The Morgan fingerprint density at radius 1 is 0.512 bits per heavy atom. The monoisotopic (exact) mass is 1120 g/mol. The zero-order valence-electron chi connectivity index (χ0n) is 41.7. The van der Waals surface area contributed by atoms with E-state index in [2.05, 4.69) is 40.4 Å². The molecule has 0 fully saturated rings. The van der Waals surface area contributed by atoms with Gasteiger partial charge in [0.25, 0.3) is 0 Å². The summed E-state index contributed by atoms with van der Waals surface area (Å²) < 4.78 is 89.9. The standard InChI is InChI=1S/C20H15F3N2O3.C19H15ClN2O3.C19H13F3N2O3/c1-12-10-14(13-4-2-5-15(11-13)28-20(21,22)23)7-8-17(12)25-18-16(19(26)27)6-3-9-24-18;1-25-14-5-2-4-12(10-14)13-7-8-17(16(20)11-13)22-18-15(19(23)24)6-3-9-21-18;20-15-10-12(11-3-1-4-13(9-11)27-19(21)22)6-7-16(15)24-17-14(18(25)26)5-2-8-23-17/h2-11H,1H3,(H,24,25)(H,26,27);2-11H,1H3,(H,21,22)(H,23,24);1-10,19H,(H,23,24)(H,25,26). The largest absolute Gasteiger partial charge is 0.573 e. The fraction of sp³-hybridized carbons (Fsp3) is 0.0690. The minimum Gasteiger partial charge on any atom is -0.497 e. The number of aryl methyl sites for hydroxylation is 1. The number of benzene rings is 6. The first-order valence-corrected chi connectivity index (χ1v) is 23.7. The summed E-state index contributed by atoms with van der Waals surface area (Å²) in [5.74, 6) is -3.15. The molecular formula is C58H43ClF6N6O9. The molecule has 0 aliphatic carbocycles. The van der Waals surface area contributed by atoms with Crippen molar-refractivity contribution in [3.63, 3.8) is 0 Å². The Kier molecular flexibility index (Phi) is 18.9. The maximum absolute atomic E-state index is 14.5. The van der Waals surface area contributed by atoms with Gasteiger partial charge in [0.2, 0.25) is 0 Å². The predicted octanol–water partition coefficient (Wildman–Crippen LogP) is 15.2. The summed E-state index contributed by atoms with van der Waals surface area (Å²) in [6, 6.07) is 42.9. The van der Waals surface area contributed by atoms with Crippen molar-refractivity contribution in [3.05, 3.63) is 215 Å². The Bertz CT molecular complexity index is 3690. The number of carboxylic acids is 3. The molecule has 3 heterocycles. The maximum Gasteiger partial charge on any atom is 0.573 e. The van der Waals surface area contributed by atoms with E-state index in [0.717, 1.165) is 22.4 Å². The molecule has 80 heavy (non-hydrogen) atoms. The van der Waals surface area contributed by atoms with Gasteiger partial charge in [-0.25, -0.2) is 33.7 Å². The van der Waals surface area contributed by atoms with Crippen LogP contribution in [0.1, 0.15) is 36.6 Å². The molecule has 9 aromatic rings. The summed E-state index contributed by atoms with van der Waals surface area (Å²) in [7, 11) is 1.62. The van der Waals surface area contributed by atoms with Crippen LogP contribution in [0.25, 0.3) is 33.4 Å². The predicted molar refractivity (Wildman–Crippen MR) is 289 cm³/mol. The van der Waals surface area contributed by atoms with Gasteiger partial charge in [-0.15, -0.1) is 13.2 Å². The second-order valence-corrected chi connectivity index (χ2v) is 17.0. The number of methoxy groups -OCH3 is 1. The van der Waals surface area contributed by atoms with Gasteiger partial charge in [-0.2, -0.15) is 8.78 Å². The van der Waals surface area contributed by atoms with Crippen LogP contribution in [0.5, 0.6) is 17.2 Å². The van der Waals surface area contributed by atoms with E-state index >= 15 is 0 Å². The molecule has 0 amide bonds. The molecule has 6 N–H and O–H groups in total. The van der Waals surface area contributed by atoms with Crippen molar-refractivity contribution in [2.45, 2.75) is 19.9 Å². The number of halogens is 7. The molecule has 22 heteroatoms. The van der Waals surface area contributed by atoms with Crippen LogP contribution in [0.2, 0.25) is 5.02 Å². The van der Waals surface area contributed by atoms with E-state index in [4.69, 9.17) is 21.4 Å². The lowest BCUT2D eigenvalue weighted by Crippen LogP contribution is -2.17. The van der Waals surface area contributed by atoms with Crippen LogP contribution >= 0.6 is 11.6 Å². The first-order chi connectivity index (χ1) is 38.2. The van der Waals surface area contributed by atoms with Crippen LogP contribution in [0.3, 0.4) is 0 Å². The van der Waals surface area contributed by atoms with Crippen molar-refractivity contribution < 1.29 is 70.3 Å². The van der Waals surface area contributed by atoms with Crippen molar-refractivity contribution in [2.24, 2.45) is 0 Å². The molecule has 0 bridgehead atoms. The maximum atomic E-state index is 14.5. The molecule has 3 aromatic heterocycles. The molecule has 0 aliphatic rings. The van der Waals surface area contributed by atoms with E-state index in [-0.39, 0.29) is 51.3 Å². The minimum atomic E-state index is -4.76. The van der Waals surface area contributed by atoms with E-state index in [9.17, 15) is 50.9 Å². The zero-order valence-corrected chi connectivity index (χ0v) is 42.4. The van der Waals surface area contributed by atoms with Gasteiger partial charge in [-0.05, 0) is 155 Å². The van der Waals surface area contributed by atoms with Gasteiger partial charge in [-0.1, -0.05) is 66.2 Å². The average Bonchev–Trinajstić information content (AvgIpc) is 3.43. The highest BCUT2D eigenvalue weighted by Gasteiger charge is 2.31. The SMILES string of the molecule is COc1cccc(-c2ccc(Nc3ncccc3C(=O)O)c(Cl)c2)c1.Cc1cc(-c2cccc(OC(F)(F)F)c2)ccc1Nc1ncccc1C(=O)O.O=C(O)c1cccnc1Nc1ccc(-c2cccc(OC(F)F)c2)cc1F. The lowest BCUT2D eigenvalue weighted by molar-refractivity contribution is -0.274. The van der Waals surface area contributed by atoms with Crippen molar-refractivity contribution in [1.82, 2.24) is 15.0 Å². The molecule has 15 nitrogen and oxygen atoms in total. The Balaban J connectivity index is 0.000000174. The summed E-state index contributed by atoms with van der Waals surface area (Å²) in [4.78, 5) is 45.8. The minimum absolute atomic E-state index is 0.00369. The first-order valence-electron chi connectivity index (χ1n) is 23.4. The number of hydrogen-bond acceptors (Lipinski definition) is 12. The Morgan fingerprint density at radius 3 is 1.36 bits per heavy atom. The Hall–Kier alpha value is -10.2. The summed E-state index contributed by atoms with van der Waals surface area (Å²) in [6.07, 6.45) is -0.375. The first kappa shape index (κ1) is 57.6. The third-order valence-corrected chi connectivity index (χ3v) is 11.5. The number of aromatic carboxylic acids is 3. The van der Waals surface area contributed by atoms with E-state index in [0.29, 0.717) is 38.7 Å². The second kappa shape index (κ2) is 26.3. The van der Waals surface area contributed by atoms with Gasteiger partial charge in [0.05, 0.1) is 23.5 Å². The number of nitrogens with one attached hydrogen (secondary N) is 3. The summed E-state index contributed by atoms with van der Waals surface area (Å²) in [5, 5.41) is 36.7. The number of aromatic nitrogens is 3. The zero-order chi connectivity index (χ0) is 57.5. The highest BCUT2D eigenvalue weighted by atomic mass is 35.5. The summed E-state index contributed by atoms with van der Waals surface area (Å²) in [5.41, 5.74) is 6.08. The molecule has 6 aromatic carbocycles. The number of ether oxygens (including phenoxy) is 3. The van der Waals surface area contributed by atoms with Gasteiger partial charge in [0, 0.05) is 24.3 Å². The van der Waals surface area contributed by atoms with Gasteiger partial charge in [0.15, 0.2) is 0 Å². The fourth-order valence-corrected chi connectivity index (χ4v) is 7.75. The van der Waals surface area contributed by atoms with Crippen LogP contribution in [-0.2, 0) is 0 Å². The smallest absolute Gasteiger partial charge is 0.497 e. The molecule has 0 atom stereocenters. The molecule has 0 spiro atoms. The number of carboxylic acid groups (broad SMARTS) is 3. The van der Waals surface area contributed by atoms with E-state index < -0.39 is 36.7 Å². The molecule has 0 unspecified atom stereocenters. The molecule has 0 saturated carbocycles. The number of alkyl halides is 5. The van der Waals surface area contributed by atoms with Crippen molar-refractivity contribution in [2.75, 3.05) is 23.1 Å². The topological polar surface area (TPSA) is 214 Å². The number of nitrogens with zero attached hydrogens (tertiary/aromatic N) is 3. The summed E-state index contributed by atoms with van der Waals surface area (Å²) >= 11 is 6.37. The van der Waals surface area contributed by atoms with Crippen molar-refractivity contribution in [1.29, 1.82) is 0 Å². The number of anilines is 6. The van der Waals surface area contributed by atoms with Gasteiger partial charge < -0.3 is 45.5 Å². The summed E-state index contributed by atoms with van der Waals surface area (Å²) in [6.45, 7) is -1.16. The van der Waals surface area contributed by atoms with Crippen molar-refractivity contribution >= 4 is 64.0 Å². The number of rotatable bonds is 16. The Morgan fingerprint density at radius 2 is 0.912 bits per heavy atom. The lowest BCUT2D eigenvalue weighted by atomic mass is 10.0. The lowest BCUT2D eigenvalue weighted by Gasteiger charge is -2.13. The van der Waals surface area contributed by atoms with Crippen molar-refractivity contribution in [3.8, 4) is 50.6 Å². The third kappa shape index (κ3) is 15.7. The van der Waals surface area contributed by atoms with Crippen LogP contribution < -0.4 is 30.2 Å². The average molecular weight is 1120 g/mol. The molecule has 0 saturated heterocycles. The third-order valence-electron chi connectivity index (χ3n) is 11.2. The van der Waals surface area contributed by atoms with Crippen LogP contribution in [0.4, 0.5) is 60.9 Å². The number of pyridine rings is 3. The molecule has 408 valence electrons. The quantitative estimate of drug-likeness (QED) is 0.0497. The van der Waals surface area contributed by atoms with Gasteiger partial charge >= 0.3 is 30.9 Å². The van der Waals surface area contributed by atoms with E-state index in [1.807, 2.05) is 36.4 Å². The Labute approximate surface area is 456 Å². The van der Waals surface area contributed by atoms with E-state index in [1.54, 1.807) is 62.6 Å². The van der Waals surface area contributed by atoms with Crippen LogP contribution in [0, 0.1) is 12.7 Å². The fourth-order valence-electron chi connectivity index (χ4n) is 7.52. The van der Waals surface area contributed by atoms with Gasteiger partial charge in [0.1, 0.15) is 57.2 Å². The molecule has 0 aliphatic heterocycles. The van der Waals surface area contributed by atoms with E-state index in [1.165, 1.54) is 97.5 Å². The van der Waals surface area contributed by atoms with Gasteiger partial charge in [-0.3, -0.25) is 0 Å². The highest BCUT2D eigenvalue weighted by Crippen LogP contribution is 2.35. The molecular weight excluding hydrogens is 1070 g/mol. The highest BCUT2D eigenvalue weighted by molar-refractivity contribution is 6.33. The second-order valence-electron chi connectivity index (χ2n) is 16.6.